The van der Waals surface area contributed by atoms with Crippen molar-refractivity contribution in [1.82, 2.24) is 0 Å². The SMILES string of the molecule is CCC(OC(=O)C(C)(C)C)(C(F)(F)F)C(F)(F)F. The molecule has 0 saturated carbocycles. The highest BCUT2D eigenvalue weighted by atomic mass is 19.4. The molecular formula is C10H14F6O2. The molecule has 0 bridgehead atoms. The van der Waals surface area contributed by atoms with Crippen molar-refractivity contribution in [3.63, 3.8) is 0 Å². The molecule has 2 nitrogen and oxygen atoms in total. The molecule has 0 aromatic rings. The molecule has 0 aliphatic rings. The molecule has 0 amide bonds. The van der Waals surface area contributed by atoms with E-state index < -0.39 is 35.8 Å². The minimum absolute atomic E-state index is 0.664. The van der Waals surface area contributed by atoms with Gasteiger partial charge in [-0.05, 0) is 20.8 Å². The predicted molar refractivity (Wildman–Crippen MR) is 50.7 cm³/mol. The number of ether oxygens (including phenoxy) is 1. The van der Waals surface area contributed by atoms with Crippen LogP contribution in [-0.4, -0.2) is 23.9 Å². The summed E-state index contributed by atoms with van der Waals surface area (Å²) in [5, 5.41) is 0. The minimum Gasteiger partial charge on any atom is -0.439 e. The van der Waals surface area contributed by atoms with Crippen LogP contribution in [0.2, 0.25) is 0 Å². The van der Waals surface area contributed by atoms with Gasteiger partial charge in [-0.25, -0.2) is 0 Å². The molecule has 0 N–H and O–H groups in total. The summed E-state index contributed by atoms with van der Waals surface area (Å²) in [6.07, 6.45) is -12.9. The van der Waals surface area contributed by atoms with Crippen LogP contribution in [0.4, 0.5) is 26.3 Å². The van der Waals surface area contributed by atoms with Crippen molar-refractivity contribution in [3.8, 4) is 0 Å². The Balaban J connectivity index is 5.59. The van der Waals surface area contributed by atoms with Gasteiger partial charge in [0.1, 0.15) is 0 Å². The lowest BCUT2D eigenvalue weighted by molar-refractivity contribution is -0.372. The molecule has 0 spiro atoms. The molecular weight excluding hydrogens is 266 g/mol. The van der Waals surface area contributed by atoms with Gasteiger partial charge in [-0.2, -0.15) is 26.3 Å². The third-order valence-electron chi connectivity index (χ3n) is 2.29. The monoisotopic (exact) mass is 280 g/mol. The van der Waals surface area contributed by atoms with E-state index in [1.54, 1.807) is 0 Å². The Bertz CT molecular complexity index is 296. The molecule has 0 heterocycles. The van der Waals surface area contributed by atoms with Crippen LogP contribution in [0.15, 0.2) is 0 Å². The molecule has 0 rings (SSSR count). The summed E-state index contributed by atoms with van der Waals surface area (Å²) in [7, 11) is 0. The number of hydrogen-bond donors (Lipinski definition) is 0. The van der Waals surface area contributed by atoms with E-state index in [0.29, 0.717) is 6.92 Å². The number of esters is 1. The van der Waals surface area contributed by atoms with Gasteiger partial charge in [0.2, 0.25) is 0 Å². The summed E-state index contributed by atoms with van der Waals surface area (Å²) in [5.74, 6) is -1.56. The number of alkyl halides is 6. The average Bonchev–Trinajstić information content (AvgIpc) is 2.07. The number of halogens is 6. The highest BCUT2D eigenvalue weighted by Gasteiger charge is 2.73. The van der Waals surface area contributed by atoms with Gasteiger partial charge >= 0.3 is 23.9 Å². The Labute approximate surface area is 100 Å². The largest absolute Gasteiger partial charge is 0.439 e. The molecule has 108 valence electrons. The fraction of sp³-hybridized carbons (Fsp3) is 0.900. The average molecular weight is 280 g/mol. The predicted octanol–water partition coefficient (Wildman–Crippen LogP) is 3.85. The maximum atomic E-state index is 12.6. The third kappa shape index (κ3) is 3.08. The zero-order valence-electron chi connectivity index (χ0n) is 10.3. The molecule has 8 heteroatoms. The summed E-state index contributed by atoms with van der Waals surface area (Å²) >= 11 is 0. The van der Waals surface area contributed by atoms with Gasteiger partial charge in [0, 0.05) is 6.42 Å². The molecule has 0 radical (unpaired) electrons. The fourth-order valence-electron chi connectivity index (χ4n) is 1.06. The van der Waals surface area contributed by atoms with Crippen molar-refractivity contribution in [1.29, 1.82) is 0 Å². The van der Waals surface area contributed by atoms with Crippen molar-refractivity contribution in [2.75, 3.05) is 0 Å². The molecule has 0 saturated heterocycles. The Morgan fingerprint density at radius 2 is 1.28 bits per heavy atom. The zero-order valence-corrected chi connectivity index (χ0v) is 10.3. The van der Waals surface area contributed by atoms with E-state index in [9.17, 15) is 31.1 Å². The Morgan fingerprint density at radius 1 is 0.944 bits per heavy atom. The van der Waals surface area contributed by atoms with Crippen LogP contribution in [-0.2, 0) is 9.53 Å². The van der Waals surface area contributed by atoms with Crippen molar-refractivity contribution in [2.24, 2.45) is 5.41 Å². The highest BCUT2D eigenvalue weighted by molar-refractivity contribution is 5.76. The van der Waals surface area contributed by atoms with Gasteiger partial charge in [-0.1, -0.05) is 6.92 Å². The van der Waals surface area contributed by atoms with Crippen LogP contribution in [0.5, 0.6) is 0 Å². The standard InChI is InChI=1S/C10H14F6O2/c1-5-8(9(11,12)13,10(14,15)16)18-6(17)7(2,3)4/h5H2,1-4H3. The number of rotatable bonds is 2. The van der Waals surface area contributed by atoms with Crippen LogP contribution in [0.25, 0.3) is 0 Å². The fourth-order valence-corrected chi connectivity index (χ4v) is 1.06. The maximum absolute atomic E-state index is 12.6. The number of carbonyl (C=O) groups is 1. The minimum atomic E-state index is -5.72. The first-order valence-corrected chi connectivity index (χ1v) is 5.06. The van der Waals surface area contributed by atoms with Gasteiger partial charge < -0.3 is 4.74 Å². The summed E-state index contributed by atoms with van der Waals surface area (Å²) in [6, 6.07) is 0. The van der Waals surface area contributed by atoms with E-state index in [1.807, 2.05) is 0 Å². The quantitative estimate of drug-likeness (QED) is 0.567. The van der Waals surface area contributed by atoms with Gasteiger partial charge in [-0.3, -0.25) is 4.79 Å². The molecule has 0 fully saturated rings. The van der Waals surface area contributed by atoms with E-state index in [-0.39, 0.29) is 0 Å². The van der Waals surface area contributed by atoms with Crippen LogP contribution in [0.1, 0.15) is 34.1 Å². The lowest BCUT2D eigenvalue weighted by Crippen LogP contribution is -2.60. The normalized spacial score (nSPS) is 14.6. The lowest BCUT2D eigenvalue weighted by atomic mass is 9.94. The summed E-state index contributed by atoms with van der Waals surface area (Å²) in [4.78, 5) is 11.3. The number of carbonyl (C=O) groups excluding carboxylic acids is 1. The van der Waals surface area contributed by atoms with Crippen LogP contribution >= 0.6 is 0 Å². The highest BCUT2D eigenvalue weighted by Crippen LogP contribution is 2.48. The molecule has 0 aliphatic carbocycles. The Morgan fingerprint density at radius 3 is 1.44 bits per heavy atom. The molecule has 0 aliphatic heterocycles. The third-order valence-corrected chi connectivity index (χ3v) is 2.29. The summed E-state index contributed by atoms with van der Waals surface area (Å²) in [5.41, 5.74) is -5.92. The van der Waals surface area contributed by atoms with E-state index >= 15 is 0 Å². The van der Waals surface area contributed by atoms with E-state index in [1.165, 1.54) is 20.8 Å². The Kier molecular flexibility index (Phi) is 4.38. The second-order valence-electron chi connectivity index (χ2n) is 4.82. The van der Waals surface area contributed by atoms with Crippen molar-refractivity contribution < 1.29 is 35.9 Å². The van der Waals surface area contributed by atoms with Crippen LogP contribution in [0.3, 0.4) is 0 Å². The van der Waals surface area contributed by atoms with Crippen LogP contribution < -0.4 is 0 Å². The van der Waals surface area contributed by atoms with E-state index in [4.69, 9.17) is 0 Å². The Hall–Kier alpha value is -0.950. The maximum Gasteiger partial charge on any atom is 0.437 e. The van der Waals surface area contributed by atoms with Gasteiger partial charge in [0.15, 0.2) is 0 Å². The van der Waals surface area contributed by atoms with Crippen LogP contribution in [0, 0.1) is 5.41 Å². The summed E-state index contributed by atoms with van der Waals surface area (Å²) in [6.45, 7) is 4.17. The van der Waals surface area contributed by atoms with Crippen molar-refractivity contribution in [2.45, 2.75) is 52.1 Å². The molecule has 0 unspecified atom stereocenters. The summed E-state index contributed by atoms with van der Waals surface area (Å²) < 4.78 is 79.5. The van der Waals surface area contributed by atoms with E-state index in [2.05, 4.69) is 4.74 Å². The first-order valence-electron chi connectivity index (χ1n) is 5.06. The second kappa shape index (κ2) is 4.62. The molecule has 0 atom stereocenters. The zero-order chi connectivity index (χ0) is 15.0. The first kappa shape index (κ1) is 17.1. The van der Waals surface area contributed by atoms with Crippen molar-refractivity contribution >= 4 is 5.97 Å². The van der Waals surface area contributed by atoms with Crippen molar-refractivity contribution in [3.05, 3.63) is 0 Å². The van der Waals surface area contributed by atoms with Gasteiger partial charge in [0.05, 0.1) is 5.41 Å². The lowest BCUT2D eigenvalue weighted by Gasteiger charge is -2.37. The van der Waals surface area contributed by atoms with E-state index in [0.717, 1.165) is 0 Å². The molecule has 0 aromatic heterocycles. The first-order chi connectivity index (χ1) is 7.69. The van der Waals surface area contributed by atoms with Gasteiger partial charge in [-0.15, -0.1) is 0 Å². The number of hydrogen-bond acceptors (Lipinski definition) is 2. The molecule has 0 aromatic carbocycles. The molecule has 18 heavy (non-hydrogen) atoms. The topological polar surface area (TPSA) is 26.3 Å². The van der Waals surface area contributed by atoms with Gasteiger partial charge in [0.25, 0.3) is 0 Å². The second-order valence-corrected chi connectivity index (χ2v) is 4.82. The smallest absolute Gasteiger partial charge is 0.437 e.